The number of halogens is 2. The third-order valence-corrected chi connectivity index (χ3v) is 4.60. The summed E-state index contributed by atoms with van der Waals surface area (Å²) in [7, 11) is 0. The summed E-state index contributed by atoms with van der Waals surface area (Å²) in [6, 6.07) is 17.5. The van der Waals surface area contributed by atoms with Gasteiger partial charge < -0.3 is 9.15 Å². The maximum Gasteiger partial charge on any atom is 0.154 e. The van der Waals surface area contributed by atoms with Crippen molar-refractivity contribution in [2.45, 2.75) is 12.5 Å². The second-order valence-electron chi connectivity index (χ2n) is 5.85. The SMILES string of the molecule is ClCc1ncc2coc(-c3cccc(Cl)c3)c2c1OCc1ccccc1. The predicted octanol–water partition coefficient (Wildman–Crippen LogP) is 6.47. The van der Waals surface area contributed by atoms with Gasteiger partial charge in [0, 0.05) is 22.2 Å². The summed E-state index contributed by atoms with van der Waals surface area (Å²) in [6.07, 6.45) is 3.42. The quantitative estimate of drug-likeness (QED) is 0.370. The number of nitrogens with zero attached hydrogens (tertiary/aromatic N) is 1. The minimum Gasteiger partial charge on any atom is -0.486 e. The van der Waals surface area contributed by atoms with Gasteiger partial charge in [-0.25, -0.2) is 0 Å². The minimum atomic E-state index is 0.250. The van der Waals surface area contributed by atoms with Crippen molar-refractivity contribution in [1.29, 1.82) is 0 Å². The molecular weight excluding hydrogens is 369 g/mol. The largest absolute Gasteiger partial charge is 0.486 e. The number of pyridine rings is 1. The average molecular weight is 384 g/mol. The molecular formula is C21H15Cl2NO2. The molecule has 0 aliphatic heterocycles. The minimum absolute atomic E-state index is 0.250. The highest BCUT2D eigenvalue weighted by Crippen LogP contribution is 2.39. The number of aromatic nitrogens is 1. The molecule has 5 heteroatoms. The highest BCUT2D eigenvalue weighted by Gasteiger charge is 2.18. The lowest BCUT2D eigenvalue weighted by Gasteiger charge is -2.12. The second kappa shape index (κ2) is 7.40. The molecule has 0 aliphatic carbocycles. The van der Waals surface area contributed by atoms with E-state index in [-0.39, 0.29) is 5.88 Å². The van der Waals surface area contributed by atoms with Crippen LogP contribution in [0.2, 0.25) is 5.02 Å². The summed E-state index contributed by atoms with van der Waals surface area (Å²) < 4.78 is 12.0. The Labute approximate surface area is 161 Å². The Morgan fingerprint density at radius 3 is 2.65 bits per heavy atom. The number of hydrogen-bond donors (Lipinski definition) is 0. The Hall–Kier alpha value is -2.49. The van der Waals surface area contributed by atoms with Gasteiger partial charge in [-0.2, -0.15) is 0 Å². The van der Waals surface area contributed by atoms with Crippen molar-refractivity contribution in [3.05, 3.63) is 83.3 Å². The summed E-state index contributed by atoms with van der Waals surface area (Å²) >= 11 is 12.3. The van der Waals surface area contributed by atoms with E-state index in [1.807, 2.05) is 54.6 Å². The molecule has 0 aliphatic rings. The molecule has 0 radical (unpaired) electrons. The monoisotopic (exact) mass is 383 g/mol. The van der Waals surface area contributed by atoms with Crippen molar-refractivity contribution in [3.63, 3.8) is 0 Å². The van der Waals surface area contributed by atoms with Crippen molar-refractivity contribution in [2.75, 3.05) is 0 Å². The van der Waals surface area contributed by atoms with Crippen molar-refractivity contribution in [1.82, 2.24) is 4.98 Å². The first kappa shape index (κ1) is 17.0. The Bertz CT molecular complexity index is 1040. The summed E-state index contributed by atoms with van der Waals surface area (Å²) in [5.41, 5.74) is 2.63. The van der Waals surface area contributed by atoms with E-state index < -0.39 is 0 Å². The van der Waals surface area contributed by atoms with Crippen molar-refractivity contribution >= 4 is 34.0 Å². The first-order valence-electron chi connectivity index (χ1n) is 8.14. The molecule has 0 fully saturated rings. The average Bonchev–Trinajstić information content (AvgIpc) is 3.11. The highest BCUT2D eigenvalue weighted by molar-refractivity contribution is 6.30. The lowest BCUT2D eigenvalue weighted by Crippen LogP contribution is -2.00. The van der Waals surface area contributed by atoms with Gasteiger partial charge in [0.05, 0.1) is 17.0 Å². The topological polar surface area (TPSA) is 35.3 Å². The van der Waals surface area contributed by atoms with E-state index in [2.05, 4.69) is 4.98 Å². The number of alkyl halides is 1. The van der Waals surface area contributed by atoms with E-state index in [9.17, 15) is 0 Å². The van der Waals surface area contributed by atoms with Crippen LogP contribution in [-0.4, -0.2) is 4.98 Å². The Morgan fingerprint density at radius 1 is 1.04 bits per heavy atom. The van der Waals surface area contributed by atoms with E-state index in [0.717, 1.165) is 21.9 Å². The van der Waals surface area contributed by atoms with Crippen LogP contribution >= 0.6 is 23.2 Å². The first-order chi connectivity index (χ1) is 12.8. The molecule has 0 spiro atoms. The number of ether oxygens (including phenoxy) is 1. The van der Waals surface area contributed by atoms with E-state index in [1.54, 1.807) is 12.5 Å². The molecule has 2 aromatic heterocycles. The van der Waals surface area contributed by atoms with Gasteiger partial charge in [0.1, 0.15) is 18.6 Å². The molecule has 0 bridgehead atoms. The van der Waals surface area contributed by atoms with Gasteiger partial charge in [-0.3, -0.25) is 4.98 Å². The molecule has 130 valence electrons. The van der Waals surface area contributed by atoms with Crippen LogP contribution in [0.25, 0.3) is 22.1 Å². The van der Waals surface area contributed by atoms with Crippen molar-refractivity contribution in [2.24, 2.45) is 0 Å². The van der Waals surface area contributed by atoms with E-state index in [1.165, 1.54) is 0 Å². The Morgan fingerprint density at radius 2 is 1.88 bits per heavy atom. The van der Waals surface area contributed by atoms with Gasteiger partial charge in [0.25, 0.3) is 0 Å². The van der Waals surface area contributed by atoms with Crippen LogP contribution in [0.4, 0.5) is 0 Å². The molecule has 4 rings (SSSR count). The smallest absolute Gasteiger partial charge is 0.154 e. The molecule has 0 unspecified atom stereocenters. The molecule has 3 nitrogen and oxygen atoms in total. The van der Waals surface area contributed by atoms with Gasteiger partial charge in [0.2, 0.25) is 0 Å². The highest BCUT2D eigenvalue weighted by atomic mass is 35.5. The number of benzene rings is 2. The van der Waals surface area contributed by atoms with Crippen LogP contribution in [0.15, 0.2) is 71.5 Å². The second-order valence-corrected chi connectivity index (χ2v) is 6.55. The van der Waals surface area contributed by atoms with Crippen LogP contribution < -0.4 is 4.74 Å². The van der Waals surface area contributed by atoms with Crippen LogP contribution in [0.5, 0.6) is 5.75 Å². The van der Waals surface area contributed by atoms with Gasteiger partial charge in [-0.1, -0.05) is 54.1 Å². The predicted molar refractivity (Wildman–Crippen MR) is 105 cm³/mol. The molecule has 4 aromatic rings. The zero-order chi connectivity index (χ0) is 17.9. The summed E-state index contributed by atoms with van der Waals surface area (Å²) in [6.45, 7) is 0.422. The maximum atomic E-state index is 6.15. The van der Waals surface area contributed by atoms with Crippen LogP contribution in [-0.2, 0) is 12.5 Å². The zero-order valence-electron chi connectivity index (χ0n) is 13.8. The lowest BCUT2D eigenvalue weighted by atomic mass is 10.1. The van der Waals surface area contributed by atoms with Crippen molar-refractivity contribution < 1.29 is 9.15 Å². The maximum absolute atomic E-state index is 6.15. The fourth-order valence-electron chi connectivity index (χ4n) is 2.87. The Balaban J connectivity index is 1.82. The van der Waals surface area contributed by atoms with Crippen LogP contribution in [0.1, 0.15) is 11.3 Å². The van der Waals surface area contributed by atoms with Crippen LogP contribution in [0, 0.1) is 0 Å². The van der Waals surface area contributed by atoms with Gasteiger partial charge >= 0.3 is 0 Å². The number of hydrogen-bond acceptors (Lipinski definition) is 3. The fraction of sp³-hybridized carbons (Fsp3) is 0.0952. The molecule has 0 saturated carbocycles. The summed E-state index contributed by atoms with van der Waals surface area (Å²) in [5.74, 6) is 1.59. The van der Waals surface area contributed by atoms with E-state index in [0.29, 0.717) is 28.8 Å². The molecule has 0 N–H and O–H groups in total. The normalized spacial score (nSPS) is 11.0. The summed E-state index contributed by atoms with van der Waals surface area (Å²) in [5, 5.41) is 2.36. The fourth-order valence-corrected chi connectivity index (χ4v) is 3.25. The molecule has 0 saturated heterocycles. The molecule has 0 amide bonds. The van der Waals surface area contributed by atoms with Gasteiger partial charge in [-0.05, 0) is 17.7 Å². The van der Waals surface area contributed by atoms with Gasteiger partial charge in [0.15, 0.2) is 5.75 Å². The molecule has 26 heavy (non-hydrogen) atoms. The lowest BCUT2D eigenvalue weighted by molar-refractivity contribution is 0.306. The zero-order valence-corrected chi connectivity index (χ0v) is 15.3. The third kappa shape index (κ3) is 3.28. The first-order valence-corrected chi connectivity index (χ1v) is 9.05. The van der Waals surface area contributed by atoms with E-state index in [4.69, 9.17) is 32.4 Å². The molecule has 0 atom stereocenters. The molecule has 2 heterocycles. The van der Waals surface area contributed by atoms with Gasteiger partial charge in [-0.15, -0.1) is 11.6 Å². The number of furan rings is 1. The standard InChI is InChI=1S/C21H15Cl2NO2/c22-10-18-21(25-12-14-5-2-1-3-6-14)19-16(11-24-18)13-26-20(19)15-7-4-8-17(23)9-15/h1-9,11,13H,10,12H2. The van der Waals surface area contributed by atoms with Crippen molar-refractivity contribution in [3.8, 4) is 17.1 Å². The number of rotatable bonds is 5. The number of fused-ring (bicyclic) bond motifs is 1. The molecule has 2 aromatic carbocycles. The Kier molecular flexibility index (Phi) is 4.83. The van der Waals surface area contributed by atoms with E-state index >= 15 is 0 Å². The summed E-state index contributed by atoms with van der Waals surface area (Å²) in [4.78, 5) is 4.42. The van der Waals surface area contributed by atoms with Crippen LogP contribution in [0.3, 0.4) is 0 Å². The third-order valence-electron chi connectivity index (χ3n) is 4.11.